The van der Waals surface area contributed by atoms with Crippen molar-refractivity contribution < 1.29 is 14.0 Å². The average molecular weight is 425 g/mol. The summed E-state index contributed by atoms with van der Waals surface area (Å²) in [6, 6.07) is 8.00. The number of amides is 2. The molecule has 0 saturated heterocycles. The molecule has 2 N–H and O–H groups in total. The van der Waals surface area contributed by atoms with Crippen LogP contribution >= 0.6 is 0 Å². The normalized spacial score (nSPS) is 14.0. The van der Waals surface area contributed by atoms with Gasteiger partial charge in [-0.3, -0.25) is 9.59 Å². The molecule has 2 amide bonds. The third kappa shape index (κ3) is 5.16. The Labute approximate surface area is 182 Å². The summed E-state index contributed by atoms with van der Waals surface area (Å²) in [7, 11) is 0. The summed E-state index contributed by atoms with van der Waals surface area (Å²) in [5.41, 5.74) is 2.44. The van der Waals surface area contributed by atoms with Gasteiger partial charge in [-0.2, -0.15) is 0 Å². The Hall–Kier alpha value is -3.09. The van der Waals surface area contributed by atoms with E-state index in [2.05, 4.69) is 10.3 Å². The summed E-state index contributed by atoms with van der Waals surface area (Å²) in [6.45, 7) is 6.86. The van der Waals surface area contributed by atoms with E-state index in [1.807, 2.05) is 20.8 Å². The predicted molar refractivity (Wildman–Crippen MR) is 119 cm³/mol. The molecule has 164 valence electrons. The van der Waals surface area contributed by atoms with E-state index in [-0.39, 0.29) is 23.2 Å². The Bertz CT molecular complexity index is 1010. The number of fused-ring (bicyclic) bond motifs is 1. The number of carbonyl (C=O) groups is 2. The lowest BCUT2D eigenvalue weighted by molar-refractivity contribution is -0.132. The first-order valence-corrected chi connectivity index (χ1v) is 10.8. The number of hydrogen-bond acceptors (Lipinski definition) is 4. The van der Waals surface area contributed by atoms with Gasteiger partial charge in [0.2, 0.25) is 5.91 Å². The number of nitrogens with one attached hydrogen (secondary N) is 2. The molecule has 1 atom stereocenters. The zero-order valence-electron chi connectivity index (χ0n) is 18.3. The number of hydrogen-bond donors (Lipinski definition) is 2. The number of aromatic nitrogens is 1. The smallest absolute Gasteiger partial charge is 0.259 e. The maximum Gasteiger partial charge on any atom is 0.259 e. The van der Waals surface area contributed by atoms with Crippen LogP contribution in [0.2, 0.25) is 0 Å². The van der Waals surface area contributed by atoms with Gasteiger partial charge in [0.1, 0.15) is 11.6 Å². The molecule has 31 heavy (non-hydrogen) atoms. The topological polar surface area (TPSA) is 86.2 Å². The highest BCUT2D eigenvalue weighted by molar-refractivity contribution is 6.05. The molecule has 0 radical (unpaired) electrons. The lowest BCUT2D eigenvalue weighted by atomic mass is 9.96. The van der Waals surface area contributed by atoms with Gasteiger partial charge in [-0.25, -0.2) is 9.37 Å². The molecule has 6 nitrogen and oxygen atoms in total. The monoisotopic (exact) mass is 424 g/mol. The van der Waals surface area contributed by atoms with Gasteiger partial charge in [-0.1, -0.05) is 26.8 Å². The fraction of sp³-hybridized carbons (Fsp3) is 0.417. The van der Waals surface area contributed by atoms with E-state index < -0.39 is 11.7 Å². The highest BCUT2D eigenvalue weighted by Crippen LogP contribution is 2.24. The molecule has 0 fully saturated rings. The molecule has 0 saturated carbocycles. The van der Waals surface area contributed by atoms with Crippen LogP contribution < -0.4 is 5.32 Å². The molecule has 2 heterocycles. The highest BCUT2D eigenvalue weighted by atomic mass is 19.1. The van der Waals surface area contributed by atoms with Crippen molar-refractivity contribution >= 4 is 23.3 Å². The highest BCUT2D eigenvalue weighted by Gasteiger charge is 2.24. The standard InChI is InChI=1S/C24H29FN4O2/c1-4-7-22(30)29-11-10-16-13-19(25)18(12-17(16)14-29)24(31)28-21-9-6-8-20(27-21)23(26)15(3)5-2/h6,8-9,12-13,15,26H,4-5,7,10-11,14H2,1-3H3,(H,27,28,31). The van der Waals surface area contributed by atoms with Crippen LogP contribution in [0.1, 0.15) is 67.2 Å². The zero-order chi connectivity index (χ0) is 22.5. The fourth-order valence-corrected chi connectivity index (χ4v) is 3.63. The van der Waals surface area contributed by atoms with Gasteiger partial charge < -0.3 is 15.6 Å². The third-order valence-electron chi connectivity index (χ3n) is 5.73. The van der Waals surface area contributed by atoms with Crippen molar-refractivity contribution in [3.8, 4) is 0 Å². The third-order valence-corrected chi connectivity index (χ3v) is 5.73. The molecule has 0 spiro atoms. The van der Waals surface area contributed by atoms with Crippen molar-refractivity contribution in [3.63, 3.8) is 0 Å². The summed E-state index contributed by atoms with van der Waals surface area (Å²) in [6.07, 6.45) is 2.65. The van der Waals surface area contributed by atoms with Gasteiger partial charge in [0.15, 0.2) is 0 Å². The van der Waals surface area contributed by atoms with Gasteiger partial charge in [0, 0.05) is 19.5 Å². The Kier molecular flexibility index (Phi) is 7.15. The maximum absolute atomic E-state index is 14.7. The van der Waals surface area contributed by atoms with Gasteiger partial charge >= 0.3 is 0 Å². The number of carbonyl (C=O) groups excluding carboxylic acids is 2. The first-order valence-electron chi connectivity index (χ1n) is 10.8. The number of pyridine rings is 1. The quantitative estimate of drug-likeness (QED) is 0.638. The SMILES string of the molecule is CCCC(=O)N1CCc2cc(F)c(C(=O)Nc3cccc(C(=N)C(C)CC)n3)cc2C1. The molecule has 1 aromatic heterocycles. The lowest BCUT2D eigenvalue weighted by Crippen LogP contribution is -2.36. The van der Waals surface area contributed by atoms with Gasteiger partial charge in [-0.15, -0.1) is 0 Å². The van der Waals surface area contributed by atoms with Gasteiger partial charge in [0.05, 0.1) is 17.0 Å². The molecule has 0 aliphatic carbocycles. The zero-order valence-corrected chi connectivity index (χ0v) is 18.3. The summed E-state index contributed by atoms with van der Waals surface area (Å²) in [4.78, 5) is 31.1. The van der Waals surface area contributed by atoms with E-state index in [0.717, 1.165) is 24.0 Å². The van der Waals surface area contributed by atoms with Crippen LogP contribution in [0.15, 0.2) is 30.3 Å². The van der Waals surface area contributed by atoms with Crippen LogP contribution in [0, 0.1) is 17.1 Å². The van der Waals surface area contributed by atoms with Crippen molar-refractivity contribution in [3.05, 3.63) is 58.5 Å². The molecule has 3 rings (SSSR count). The molecular formula is C24H29FN4O2. The first-order chi connectivity index (χ1) is 14.8. The molecule has 7 heteroatoms. The second-order valence-electron chi connectivity index (χ2n) is 8.00. The molecule has 1 aliphatic heterocycles. The number of halogens is 1. The summed E-state index contributed by atoms with van der Waals surface area (Å²) >= 11 is 0. The van der Waals surface area contributed by atoms with Crippen molar-refractivity contribution in [2.75, 3.05) is 11.9 Å². The van der Waals surface area contributed by atoms with E-state index >= 15 is 0 Å². The van der Waals surface area contributed by atoms with Crippen molar-refractivity contribution in [1.82, 2.24) is 9.88 Å². The second kappa shape index (κ2) is 9.81. The molecule has 1 aromatic carbocycles. The minimum Gasteiger partial charge on any atom is -0.338 e. The van der Waals surface area contributed by atoms with Crippen molar-refractivity contribution in [1.29, 1.82) is 5.41 Å². The van der Waals surface area contributed by atoms with E-state index in [9.17, 15) is 14.0 Å². The fourth-order valence-electron chi connectivity index (χ4n) is 3.63. The van der Waals surface area contributed by atoms with E-state index in [1.165, 1.54) is 12.1 Å². The number of nitrogens with zero attached hydrogens (tertiary/aromatic N) is 2. The minimum atomic E-state index is -0.600. The predicted octanol–water partition coefficient (Wildman–Crippen LogP) is 4.57. The van der Waals surface area contributed by atoms with E-state index in [4.69, 9.17) is 5.41 Å². The summed E-state index contributed by atoms with van der Waals surface area (Å²) in [5.74, 6) is -0.791. The maximum atomic E-state index is 14.7. The molecule has 0 bridgehead atoms. The van der Waals surface area contributed by atoms with Crippen molar-refractivity contribution in [2.24, 2.45) is 5.92 Å². The molecule has 1 aliphatic rings. The van der Waals surface area contributed by atoms with Crippen LogP contribution in [-0.2, 0) is 17.8 Å². The van der Waals surface area contributed by atoms with Crippen LogP contribution in [0.5, 0.6) is 0 Å². The van der Waals surface area contributed by atoms with Crippen LogP contribution in [0.25, 0.3) is 0 Å². The lowest BCUT2D eigenvalue weighted by Gasteiger charge is -2.29. The molecular weight excluding hydrogens is 395 g/mol. The van der Waals surface area contributed by atoms with E-state index in [0.29, 0.717) is 37.3 Å². The summed E-state index contributed by atoms with van der Waals surface area (Å²) in [5, 5.41) is 10.9. The largest absolute Gasteiger partial charge is 0.338 e. The van der Waals surface area contributed by atoms with Gasteiger partial charge in [-0.05, 0) is 60.6 Å². The van der Waals surface area contributed by atoms with E-state index in [1.54, 1.807) is 23.1 Å². The number of benzene rings is 1. The van der Waals surface area contributed by atoms with Crippen LogP contribution in [-0.4, -0.2) is 34.0 Å². The van der Waals surface area contributed by atoms with Crippen LogP contribution in [0.3, 0.4) is 0 Å². The number of rotatable bonds is 7. The Morgan fingerprint density at radius 1 is 1.26 bits per heavy atom. The Morgan fingerprint density at radius 3 is 2.74 bits per heavy atom. The summed E-state index contributed by atoms with van der Waals surface area (Å²) < 4.78 is 14.7. The first kappa shape index (κ1) is 22.6. The molecule has 2 aromatic rings. The second-order valence-corrected chi connectivity index (χ2v) is 8.00. The average Bonchev–Trinajstić information content (AvgIpc) is 2.77. The molecule has 1 unspecified atom stereocenters. The Balaban J connectivity index is 1.79. The minimum absolute atomic E-state index is 0.0508. The Morgan fingerprint density at radius 2 is 2.03 bits per heavy atom. The van der Waals surface area contributed by atoms with Crippen LogP contribution in [0.4, 0.5) is 10.2 Å². The van der Waals surface area contributed by atoms with Gasteiger partial charge in [0.25, 0.3) is 5.91 Å². The number of anilines is 1. The van der Waals surface area contributed by atoms with Crippen molar-refractivity contribution in [2.45, 2.75) is 53.0 Å².